The summed E-state index contributed by atoms with van der Waals surface area (Å²) in [5, 5.41) is 0. The number of Topliss-reactive ketones (excluding diaryl/α,β-unsaturated/α-hetero) is 1. The predicted octanol–water partition coefficient (Wildman–Crippen LogP) is 3.94. The van der Waals surface area contributed by atoms with Crippen LogP contribution in [-0.4, -0.2) is 5.78 Å². The van der Waals surface area contributed by atoms with Crippen molar-refractivity contribution in [1.29, 1.82) is 0 Å². The van der Waals surface area contributed by atoms with Crippen molar-refractivity contribution < 1.29 is 4.79 Å². The molecule has 0 saturated heterocycles. The second-order valence-corrected chi connectivity index (χ2v) is 5.19. The van der Waals surface area contributed by atoms with Gasteiger partial charge in [0.2, 0.25) is 0 Å². The molecule has 0 bridgehead atoms. The van der Waals surface area contributed by atoms with E-state index in [0.29, 0.717) is 5.92 Å². The van der Waals surface area contributed by atoms with Gasteiger partial charge in [-0.05, 0) is 36.0 Å². The van der Waals surface area contributed by atoms with Crippen molar-refractivity contribution >= 4 is 5.78 Å². The molecule has 0 saturated carbocycles. The van der Waals surface area contributed by atoms with Crippen LogP contribution in [0.5, 0.6) is 0 Å². The number of allylic oxidation sites excluding steroid dienone is 6. The van der Waals surface area contributed by atoms with E-state index >= 15 is 0 Å². The number of ketones is 1. The van der Waals surface area contributed by atoms with Crippen LogP contribution in [0.15, 0.2) is 59.2 Å². The molecule has 0 amide bonds. The Balaban J connectivity index is 2.03. The van der Waals surface area contributed by atoms with Gasteiger partial charge in [-0.3, -0.25) is 4.79 Å². The van der Waals surface area contributed by atoms with Gasteiger partial charge in [0, 0.05) is 17.1 Å². The molecule has 3 aliphatic carbocycles. The summed E-state index contributed by atoms with van der Waals surface area (Å²) in [6.45, 7) is 0. The van der Waals surface area contributed by atoms with Crippen molar-refractivity contribution in [2.75, 3.05) is 0 Å². The van der Waals surface area contributed by atoms with Gasteiger partial charge in [0.05, 0.1) is 0 Å². The van der Waals surface area contributed by atoms with Gasteiger partial charge >= 0.3 is 0 Å². The Morgan fingerprint density at radius 3 is 3.00 bits per heavy atom. The molecule has 0 spiro atoms. The number of hydrogen-bond donors (Lipinski definition) is 0. The normalized spacial score (nSPS) is 24.6. The largest absolute Gasteiger partial charge is 0.289 e. The zero-order chi connectivity index (χ0) is 12.1. The molecule has 18 heavy (non-hydrogen) atoms. The highest BCUT2D eigenvalue weighted by molar-refractivity contribution is 6.12. The molecule has 1 unspecified atom stereocenters. The van der Waals surface area contributed by atoms with Crippen molar-refractivity contribution in [2.45, 2.75) is 25.2 Å². The molecule has 0 N–H and O–H groups in total. The summed E-state index contributed by atoms with van der Waals surface area (Å²) in [7, 11) is 0. The third-order valence-electron chi connectivity index (χ3n) is 4.25. The Hall–Kier alpha value is -1.89. The molecule has 0 fully saturated rings. The molecule has 0 aliphatic heterocycles. The quantitative estimate of drug-likeness (QED) is 0.621. The Labute approximate surface area is 107 Å². The molecule has 0 heterocycles. The van der Waals surface area contributed by atoms with Gasteiger partial charge in [0.25, 0.3) is 0 Å². The molecule has 88 valence electrons. The molecular formula is C17H14O. The highest BCUT2D eigenvalue weighted by Gasteiger charge is 2.35. The van der Waals surface area contributed by atoms with E-state index in [0.717, 1.165) is 30.4 Å². The van der Waals surface area contributed by atoms with Gasteiger partial charge in [-0.1, -0.05) is 42.5 Å². The van der Waals surface area contributed by atoms with E-state index in [4.69, 9.17) is 0 Å². The third kappa shape index (κ3) is 1.19. The summed E-state index contributed by atoms with van der Waals surface area (Å²) >= 11 is 0. The molecule has 1 aromatic carbocycles. The molecule has 4 rings (SSSR count). The lowest BCUT2D eigenvalue weighted by Crippen LogP contribution is -2.24. The van der Waals surface area contributed by atoms with E-state index in [1.807, 2.05) is 18.2 Å². The van der Waals surface area contributed by atoms with Crippen molar-refractivity contribution in [2.24, 2.45) is 0 Å². The summed E-state index contributed by atoms with van der Waals surface area (Å²) in [4.78, 5) is 12.6. The lowest BCUT2D eigenvalue weighted by atomic mass is 9.69. The van der Waals surface area contributed by atoms with E-state index in [1.165, 1.54) is 16.7 Å². The topological polar surface area (TPSA) is 17.1 Å². The fourth-order valence-electron chi connectivity index (χ4n) is 3.47. The summed E-state index contributed by atoms with van der Waals surface area (Å²) in [5.41, 5.74) is 5.86. The minimum absolute atomic E-state index is 0.262. The van der Waals surface area contributed by atoms with Crippen LogP contribution in [0.25, 0.3) is 0 Å². The standard InChI is InChI=1S/C17H14O/c18-17-14-8-2-1-7-12(14)13-9-3-5-11-6-4-10-15(17)16(11)13/h1-3,6-9,13H,4-5,10H2. The first kappa shape index (κ1) is 10.1. The Bertz CT molecular complexity index is 643. The molecule has 1 aromatic rings. The Morgan fingerprint density at radius 1 is 1.17 bits per heavy atom. The van der Waals surface area contributed by atoms with Gasteiger partial charge in [-0.2, -0.15) is 0 Å². The maximum absolute atomic E-state index is 12.6. The van der Waals surface area contributed by atoms with Crippen LogP contribution in [0.3, 0.4) is 0 Å². The van der Waals surface area contributed by atoms with Gasteiger partial charge < -0.3 is 0 Å². The predicted molar refractivity (Wildman–Crippen MR) is 71.6 cm³/mol. The van der Waals surface area contributed by atoms with Crippen LogP contribution in [-0.2, 0) is 0 Å². The highest BCUT2D eigenvalue weighted by Crippen LogP contribution is 2.46. The first-order valence-electron chi connectivity index (χ1n) is 6.59. The Morgan fingerprint density at radius 2 is 2.06 bits per heavy atom. The van der Waals surface area contributed by atoms with Gasteiger partial charge in [-0.25, -0.2) is 0 Å². The molecule has 0 radical (unpaired) electrons. The van der Waals surface area contributed by atoms with Crippen LogP contribution >= 0.6 is 0 Å². The van der Waals surface area contributed by atoms with Crippen LogP contribution in [0.1, 0.15) is 41.1 Å². The molecule has 1 nitrogen and oxygen atoms in total. The molecule has 3 aliphatic rings. The van der Waals surface area contributed by atoms with Crippen molar-refractivity contribution in [3.8, 4) is 0 Å². The van der Waals surface area contributed by atoms with E-state index in [9.17, 15) is 4.79 Å². The second-order valence-electron chi connectivity index (χ2n) is 5.19. The number of benzene rings is 1. The molecule has 1 heteroatoms. The first-order valence-corrected chi connectivity index (χ1v) is 6.59. The molecule has 1 atom stereocenters. The van der Waals surface area contributed by atoms with Crippen LogP contribution in [0.4, 0.5) is 0 Å². The van der Waals surface area contributed by atoms with E-state index in [-0.39, 0.29) is 5.78 Å². The maximum atomic E-state index is 12.6. The van der Waals surface area contributed by atoms with E-state index in [2.05, 4.69) is 24.3 Å². The zero-order valence-electron chi connectivity index (χ0n) is 10.1. The van der Waals surface area contributed by atoms with Gasteiger partial charge in [0.15, 0.2) is 5.78 Å². The van der Waals surface area contributed by atoms with Crippen LogP contribution < -0.4 is 0 Å². The minimum atomic E-state index is 0.262. The first-order chi connectivity index (χ1) is 8.86. The number of rotatable bonds is 0. The number of carbonyl (C=O) groups is 1. The third-order valence-corrected chi connectivity index (χ3v) is 4.25. The maximum Gasteiger partial charge on any atom is 0.189 e. The zero-order valence-corrected chi connectivity index (χ0v) is 10.1. The smallest absolute Gasteiger partial charge is 0.189 e. The number of carbonyl (C=O) groups excluding carboxylic acids is 1. The van der Waals surface area contributed by atoms with Crippen molar-refractivity contribution in [3.05, 3.63) is 70.3 Å². The fraction of sp³-hybridized carbons (Fsp3) is 0.235. The number of fused-ring (bicyclic) bond motifs is 2. The minimum Gasteiger partial charge on any atom is -0.289 e. The van der Waals surface area contributed by atoms with Crippen molar-refractivity contribution in [1.82, 2.24) is 0 Å². The van der Waals surface area contributed by atoms with Gasteiger partial charge in [-0.15, -0.1) is 0 Å². The average molecular weight is 234 g/mol. The summed E-state index contributed by atoms with van der Waals surface area (Å²) in [5.74, 6) is 0.576. The monoisotopic (exact) mass is 234 g/mol. The summed E-state index contributed by atoms with van der Waals surface area (Å²) < 4.78 is 0. The van der Waals surface area contributed by atoms with E-state index < -0.39 is 0 Å². The summed E-state index contributed by atoms with van der Waals surface area (Å²) in [6.07, 6.45) is 9.75. The fourth-order valence-corrected chi connectivity index (χ4v) is 3.47. The summed E-state index contributed by atoms with van der Waals surface area (Å²) in [6, 6.07) is 8.08. The van der Waals surface area contributed by atoms with Crippen LogP contribution in [0, 0.1) is 0 Å². The van der Waals surface area contributed by atoms with Crippen LogP contribution in [0.2, 0.25) is 0 Å². The Kier molecular flexibility index (Phi) is 1.99. The highest BCUT2D eigenvalue weighted by atomic mass is 16.1. The van der Waals surface area contributed by atoms with Gasteiger partial charge in [0.1, 0.15) is 0 Å². The lowest BCUT2D eigenvalue weighted by molar-refractivity contribution is 0.102. The second kappa shape index (κ2) is 3.55. The number of hydrogen-bond acceptors (Lipinski definition) is 1. The lowest BCUT2D eigenvalue weighted by Gasteiger charge is -2.34. The molecular weight excluding hydrogens is 220 g/mol. The van der Waals surface area contributed by atoms with E-state index in [1.54, 1.807) is 0 Å². The average Bonchev–Trinajstić information content (AvgIpc) is 2.44. The van der Waals surface area contributed by atoms with Crippen molar-refractivity contribution in [3.63, 3.8) is 0 Å². The SMILES string of the molecule is O=C1C2=C3C(=CCC2)CC=CC3c2ccccc21. The molecule has 0 aromatic heterocycles.